The zero-order chi connectivity index (χ0) is 22.1. The van der Waals surface area contributed by atoms with Crippen molar-refractivity contribution in [3.63, 3.8) is 0 Å². The number of hydrogen-bond donors (Lipinski definition) is 1. The van der Waals surface area contributed by atoms with Gasteiger partial charge in [-0.05, 0) is 55.3 Å². The summed E-state index contributed by atoms with van der Waals surface area (Å²) in [6.45, 7) is 0.891. The maximum absolute atomic E-state index is 12.9. The van der Waals surface area contributed by atoms with Crippen LogP contribution < -0.4 is 14.8 Å². The van der Waals surface area contributed by atoms with E-state index in [1.165, 1.54) is 0 Å². The maximum atomic E-state index is 12.9. The Bertz CT molecular complexity index is 986. The molecule has 2 aliphatic heterocycles. The first-order chi connectivity index (χ1) is 15.6. The highest BCUT2D eigenvalue weighted by Crippen LogP contribution is 2.37. The van der Waals surface area contributed by atoms with Crippen molar-refractivity contribution in [3.8, 4) is 17.2 Å². The Hall–Kier alpha value is -2.90. The normalized spacial score (nSPS) is 26.4. The van der Waals surface area contributed by atoms with Gasteiger partial charge in [-0.3, -0.25) is 9.59 Å². The molecule has 2 saturated heterocycles. The monoisotopic (exact) mass is 437 g/mol. The summed E-state index contributed by atoms with van der Waals surface area (Å²) in [5, 5.41) is 3.04. The molecule has 0 radical (unpaired) electrons. The quantitative estimate of drug-likeness (QED) is 0.682. The SMILES string of the molecule is COc1ccc(Oc2cccc(C(=O)NC3COC4C3OC[C@@H]4CC(=O)C3CC3)c2)cc1. The fourth-order valence-corrected chi connectivity index (χ4v) is 4.44. The molecule has 168 valence electrons. The first-order valence-corrected chi connectivity index (χ1v) is 11.1. The average Bonchev–Trinajstić information content (AvgIpc) is 3.49. The minimum absolute atomic E-state index is 0.0798. The van der Waals surface area contributed by atoms with E-state index in [-0.39, 0.29) is 36.0 Å². The van der Waals surface area contributed by atoms with Gasteiger partial charge in [-0.1, -0.05) is 6.07 Å². The van der Waals surface area contributed by atoms with Crippen LogP contribution in [-0.4, -0.2) is 50.3 Å². The molecular weight excluding hydrogens is 410 g/mol. The standard InChI is InChI=1S/C25H27NO6/c1-29-18-7-9-19(10-8-18)32-20-4-2-3-16(11-20)25(28)26-21-14-31-23-17(13-30-24(21)23)12-22(27)15-5-6-15/h2-4,7-11,15,17,21,23-24H,5-6,12-14H2,1H3,(H,26,28)/t17-,21?,23?,24?/m0/s1. The number of rotatable bonds is 8. The molecule has 2 aromatic rings. The van der Waals surface area contributed by atoms with Gasteiger partial charge in [-0.2, -0.15) is 0 Å². The lowest BCUT2D eigenvalue weighted by atomic mass is 9.94. The van der Waals surface area contributed by atoms with E-state index in [0.717, 1.165) is 18.6 Å². The molecule has 1 saturated carbocycles. The van der Waals surface area contributed by atoms with E-state index in [1.54, 1.807) is 31.4 Å². The van der Waals surface area contributed by atoms with Crippen molar-refractivity contribution in [1.29, 1.82) is 0 Å². The Morgan fingerprint density at radius 3 is 2.47 bits per heavy atom. The summed E-state index contributed by atoms with van der Waals surface area (Å²) in [5.41, 5.74) is 0.498. The van der Waals surface area contributed by atoms with E-state index >= 15 is 0 Å². The summed E-state index contributed by atoms with van der Waals surface area (Å²) in [6, 6.07) is 14.1. The number of ether oxygens (including phenoxy) is 4. The van der Waals surface area contributed by atoms with Gasteiger partial charge in [0.2, 0.25) is 0 Å². The van der Waals surface area contributed by atoms with Crippen LogP contribution in [0.3, 0.4) is 0 Å². The van der Waals surface area contributed by atoms with Crippen molar-refractivity contribution in [1.82, 2.24) is 5.32 Å². The second-order valence-electron chi connectivity index (χ2n) is 8.69. The van der Waals surface area contributed by atoms with Crippen LogP contribution in [0, 0.1) is 11.8 Å². The average molecular weight is 437 g/mol. The molecule has 3 fully saturated rings. The molecule has 1 amide bonds. The van der Waals surface area contributed by atoms with Crippen LogP contribution in [0.1, 0.15) is 29.6 Å². The summed E-state index contributed by atoms with van der Waals surface area (Å²) in [6.07, 6.45) is 2.20. The molecule has 0 spiro atoms. The van der Waals surface area contributed by atoms with Crippen molar-refractivity contribution < 1.29 is 28.5 Å². The molecule has 5 rings (SSSR count). The van der Waals surface area contributed by atoms with Gasteiger partial charge in [0.1, 0.15) is 29.1 Å². The number of benzene rings is 2. The lowest BCUT2D eigenvalue weighted by molar-refractivity contribution is -0.121. The zero-order valence-electron chi connectivity index (χ0n) is 18.0. The highest BCUT2D eigenvalue weighted by atomic mass is 16.6. The minimum Gasteiger partial charge on any atom is -0.497 e. The Morgan fingerprint density at radius 2 is 1.72 bits per heavy atom. The van der Waals surface area contributed by atoms with E-state index in [2.05, 4.69) is 5.32 Å². The molecule has 2 aromatic carbocycles. The predicted octanol–water partition coefficient (Wildman–Crippen LogP) is 3.37. The molecule has 0 bridgehead atoms. The predicted molar refractivity (Wildman–Crippen MR) is 116 cm³/mol. The number of carbonyl (C=O) groups is 2. The second-order valence-corrected chi connectivity index (χ2v) is 8.69. The molecule has 0 aromatic heterocycles. The molecule has 7 heteroatoms. The second kappa shape index (κ2) is 8.92. The fraction of sp³-hybridized carbons (Fsp3) is 0.440. The number of fused-ring (bicyclic) bond motifs is 1. The van der Waals surface area contributed by atoms with Gasteiger partial charge in [0.15, 0.2) is 0 Å². The smallest absolute Gasteiger partial charge is 0.251 e. The van der Waals surface area contributed by atoms with Crippen LogP contribution in [0.4, 0.5) is 0 Å². The van der Waals surface area contributed by atoms with Crippen LogP contribution in [-0.2, 0) is 14.3 Å². The van der Waals surface area contributed by atoms with Crippen molar-refractivity contribution in [3.05, 3.63) is 54.1 Å². The van der Waals surface area contributed by atoms with Crippen LogP contribution >= 0.6 is 0 Å². The fourth-order valence-electron chi connectivity index (χ4n) is 4.44. The highest BCUT2D eigenvalue weighted by molar-refractivity contribution is 5.94. The first-order valence-electron chi connectivity index (χ1n) is 11.1. The van der Waals surface area contributed by atoms with Crippen LogP contribution in [0.5, 0.6) is 17.2 Å². The summed E-state index contributed by atoms with van der Waals surface area (Å²) in [7, 11) is 1.61. The Balaban J connectivity index is 1.19. The lowest BCUT2D eigenvalue weighted by Gasteiger charge is -2.18. The summed E-state index contributed by atoms with van der Waals surface area (Å²) < 4.78 is 22.9. The molecular formula is C25H27NO6. The number of amides is 1. The minimum atomic E-state index is -0.236. The van der Waals surface area contributed by atoms with Gasteiger partial charge in [0.05, 0.1) is 32.5 Å². The van der Waals surface area contributed by atoms with Crippen molar-refractivity contribution in [2.75, 3.05) is 20.3 Å². The number of hydrogen-bond acceptors (Lipinski definition) is 6. The highest BCUT2D eigenvalue weighted by Gasteiger charge is 2.49. The lowest BCUT2D eigenvalue weighted by Crippen LogP contribution is -2.44. The molecule has 3 aliphatic rings. The van der Waals surface area contributed by atoms with Crippen LogP contribution in [0.15, 0.2) is 48.5 Å². The van der Waals surface area contributed by atoms with Crippen LogP contribution in [0.2, 0.25) is 0 Å². The van der Waals surface area contributed by atoms with E-state index in [9.17, 15) is 9.59 Å². The molecule has 7 nitrogen and oxygen atoms in total. The van der Waals surface area contributed by atoms with Gasteiger partial charge >= 0.3 is 0 Å². The zero-order valence-corrected chi connectivity index (χ0v) is 18.0. The Kier molecular flexibility index (Phi) is 5.85. The number of Topliss-reactive ketones (excluding diaryl/α,β-unsaturated/α-hetero) is 1. The third-order valence-corrected chi connectivity index (χ3v) is 6.36. The van der Waals surface area contributed by atoms with Gasteiger partial charge in [-0.15, -0.1) is 0 Å². The van der Waals surface area contributed by atoms with Gasteiger partial charge in [0.25, 0.3) is 5.91 Å². The van der Waals surface area contributed by atoms with Crippen molar-refractivity contribution >= 4 is 11.7 Å². The van der Waals surface area contributed by atoms with Gasteiger partial charge < -0.3 is 24.3 Å². The Morgan fingerprint density at radius 1 is 0.969 bits per heavy atom. The van der Waals surface area contributed by atoms with E-state index in [1.807, 2.05) is 24.3 Å². The third-order valence-electron chi connectivity index (χ3n) is 6.36. The van der Waals surface area contributed by atoms with Gasteiger partial charge in [0, 0.05) is 23.8 Å². The maximum Gasteiger partial charge on any atom is 0.251 e. The molecule has 32 heavy (non-hydrogen) atoms. The first kappa shape index (κ1) is 21.0. The van der Waals surface area contributed by atoms with E-state index in [0.29, 0.717) is 42.5 Å². The topological polar surface area (TPSA) is 83.1 Å². The summed E-state index contributed by atoms with van der Waals surface area (Å²) in [4.78, 5) is 25.1. The summed E-state index contributed by atoms with van der Waals surface area (Å²) in [5.74, 6) is 2.41. The van der Waals surface area contributed by atoms with E-state index < -0.39 is 0 Å². The molecule has 2 heterocycles. The van der Waals surface area contributed by atoms with E-state index in [4.69, 9.17) is 18.9 Å². The third kappa shape index (κ3) is 4.49. The largest absolute Gasteiger partial charge is 0.497 e. The van der Waals surface area contributed by atoms with Crippen molar-refractivity contribution in [2.45, 2.75) is 37.5 Å². The van der Waals surface area contributed by atoms with Crippen LogP contribution in [0.25, 0.3) is 0 Å². The number of nitrogens with one attached hydrogen (secondary N) is 1. The number of ketones is 1. The molecule has 3 unspecified atom stereocenters. The summed E-state index contributed by atoms with van der Waals surface area (Å²) >= 11 is 0. The van der Waals surface area contributed by atoms with Gasteiger partial charge in [-0.25, -0.2) is 0 Å². The molecule has 1 aliphatic carbocycles. The Labute approximate surface area is 187 Å². The molecule has 1 N–H and O–H groups in total. The molecule has 4 atom stereocenters. The van der Waals surface area contributed by atoms with Crippen molar-refractivity contribution in [2.24, 2.45) is 11.8 Å². The number of carbonyl (C=O) groups excluding carboxylic acids is 2. The number of methoxy groups -OCH3 is 1.